The fourth-order valence-corrected chi connectivity index (χ4v) is 7.29. The second-order valence-corrected chi connectivity index (χ2v) is 19.1. The Balaban J connectivity index is -0.000000223. The monoisotopic (exact) mass is 905 g/mol. The molecule has 0 fully saturated rings. The molecule has 0 saturated carbocycles. The molecule has 16 nitrogen and oxygen atoms in total. The first-order chi connectivity index (χ1) is 28.7. The van der Waals surface area contributed by atoms with Crippen LogP contribution in [0.25, 0.3) is 0 Å². The van der Waals surface area contributed by atoms with Crippen LogP contribution in [0.1, 0.15) is 180 Å². The second-order valence-electron chi connectivity index (χ2n) is 19.1. The summed E-state index contributed by atoms with van der Waals surface area (Å²) in [6, 6.07) is 0. The van der Waals surface area contributed by atoms with Gasteiger partial charge in [0.15, 0.2) is 0 Å². The number of carboxylic acids is 5. The third kappa shape index (κ3) is 62.2. The van der Waals surface area contributed by atoms with E-state index >= 15 is 0 Å². The molecule has 370 valence electrons. The van der Waals surface area contributed by atoms with Crippen molar-refractivity contribution in [2.75, 3.05) is 6.54 Å². The van der Waals surface area contributed by atoms with Crippen molar-refractivity contribution in [1.82, 2.24) is 0 Å². The fourth-order valence-electron chi connectivity index (χ4n) is 7.29. The SMILES string of the molecule is CC(=O)CC(CC(C)=O)CC(C)C.CC(=O)C[C@H](CC(=O)O)CC(C)C.CC(C)CC(CC(=O)O)CC(=O)O.CC(C)C[C@H](CC(N)=O)CC(=O)O.CC(C)C[C@H](CN)CC(=O)O. The van der Waals surface area contributed by atoms with Crippen molar-refractivity contribution < 1.29 is 68.7 Å². The highest BCUT2D eigenvalue weighted by Crippen LogP contribution is 2.22. The molecule has 0 heterocycles. The van der Waals surface area contributed by atoms with Gasteiger partial charge in [-0.15, -0.1) is 0 Å². The molecule has 16 heteroatoms. The van der Waals surface area contributed by atoms with Crippen molar-refractivity contribution in [2.24, 2.45) is 70.6 Å². The molecule has 0 rings (SSSR count). The molecule has 0 aliphatic heterocycles. The van der Waals surface area contributed by atoms with Gasteiger partial charge in [0, 0.05) is 57.8 Å². The van der Waals surface area contributed by atoms with Crippen LogP contribution in [0.15, 0.2) is 0 Å². The van der Waals surface area contributed by atoms with Gasteiger partial charge >= 0.3 is 29.8 Å². The van der Waals surface area contributed by atoms with Crippen molar-refractivity contribution in [3.05, 3.63) is 0 Å². The highest BCUT2D eigenvalue weighted by molar-refractivity contribution is 5.79. The molecule has 9 N–H and O–H groups in total. The first-order valence-corrected chi connectivity index (χ1v) is 22.3. The third-order valence-electron chi connectivity index (χ3n) is 8.89. The van der Waals surface area contributed by atoms with E-state index in [0.29, 0.717) is 61.8 Å². The minimum atomic E-state index is -0.924. The highest BCUT2D eigenvalue weighted by Gasteiger charge is 2.20. The van der Waals surface area contributed by atoms with Crippen LogP contribution in [0.4, 0.5) is 0 Å². The van der Waals surface area contributed by atoms with Crippen molar-refractivity contribution in [2.45, 2.75) is 180 Å². The van der Waals surface area contributed by atoms with E-state index in [2.05, 4.69) is 27.7 Å². The first-order valence-electron chi connectivity index (χ1n) is 22.3. The van der Waals surface area contributed by atoms with Crippen LogP contribution in [0, 0.1) is 59.2 Å². The predicted molar refractivity (Wildman–Crippen MR) is 245 cm³/mol. The number of hydrogen-bond acceptors (Lipinski definition) is 10. The van der Waals surface area contributed by atoms with E-state index in [1.54, 1.807) is 13.8 Å². The molecule has 1 amide bonds. The number of rotatable bonds is 29. The minimum absolute atomic E-state index is 0.00926. The summed E-state index contributed by atoms with van der Waals surface area (Å²) < 4.78 is 0. The van der Waals surface area contributed by atoms with E-state index in [4.69, 9.17) is 37.0 Å². The van der Waals surface area contributed by atoms with Crippen LogP contribution >= 0.6 is 0 Å². The summed E-state index contributed by atoms with van der Waals surface area (Å²) in [5.41, 5.74) is 10.4. The van der Waals surface area contributed by atoms with Gasteiger partial charge in [-0.2, -0.15) is 0 Å². The molecule has 3 atom stereocenters. The zero-order chi connectivity index (χ0) is 50.6. The van der Waals surface area contributed by atoms with Crippen LogP contribution < -0.4 is 11.5 Å². The summed E-state index contributed by atoms with van der Waals surface area (Å²) in [6.45, 7) is 25.5. The molecule has 0 aliphatic carbocycles. The van der Waals surface area contributed by atoms with Gasteiger partial charge in [-0.25, -0.2) is 0 Å². The Morgan fingerprint density at radius 3 is 0.683 bits per heavy atom. The first kappa shape index (κ1) is 67.9. The van der Waals surface area contributed by atoms with E-state index < -0.39 is 35.8 Å². The molecule has 0 spiro atoms. The number of nitrogens with two attached hydrogens (primary N) is 2. The van der Waals surface area contributed by atoms with E-state index in [1.807, 2.05) is 41.5 Å². The molecule has 0 aliphatic rings. The van der Waals surface area contributed by atoms with Crippen LogP contribution in [0.5, 0.6) is 0 Å². The van der Waals surface area contributed by atoms with Gasteiger partial charge in [0.25, 0.3) is 0 Å². The molecule has 63 heavy (non-hydrogen) atoms. The lowest BCUT2D eigenvalue weighted by molar-refractivity contribution is -0.142. The number of primary amides is 1. The van der Waals surface area contributed by atoms with Gasteiger partial charge in [0.2, 0.25) is 5.91 Å². The fraction of sp³-hybridized carbons (Fsp3) is 0.809. The molecule has 0 saturated heterocycles. The Kier molecular flexibility index (Phi) is 43.7. The molecule has 0 bridgehead atoms. The quantitative estimate of drug-likeness (QED) is 0.0371. The van der Waals surface area contributed by atoms with E-state index in [-0.39, 0.29) is 85.5 Å². The van der Waals surface area contributed by atoms with Crippen LogP contribution in [0.3, 0.4) is 0 Å². The van der Waals surface area contributed by atoms with Crippen molar-refractivity contribution in [3.63, 3.8) is 0 Å². The average molecular weight is 905 g/mol. The number of carbonyl (C=O) groups excluding carboxylic acids is 4. The third-order valence-corrected chi connectivity index (χ3v) is 8.89. The number of carboxylic acid groups (broad SMARTS) is 5. The number of carbonyl (C=O) groups is 9. The Morgan fingerprint density at radius 1 is 0.333 bits per heavy atom. The number of aliphatic carboxylic acids is 5. The molecule has 0 aromatic carbocycles. The molecule has 0 unspecified atom stereocenters. The topological polar surface area (TPSA) is 307 Å². The Morgan fingerprint density at radius 2 is 0.508 bits per heavy atom. The van der Waals surface area contributed by atoms with Gasteiger partial charge in [0.05, 0.1) is 0 Å². The molecular weight excluding hydrogens is 817 g/mol. The van der Waals surface area contributed by atoms with Crippen LogP contribution in [0.2, 0.25) is 0 Å². The van der Waals surface area contributed by atoms with E-state index in [9.17, 15) is 43.2 Å². The lowest BCUT2D eigenvalue weighted by Gasteiger charge is -2.15. The molecular formula is C47H88N2O14. The Hall–Kier alpha value is -4.21. The largest absolute Gasteiger partial charge is 0.481 e. The van der Waals surface area contributed by atoms with Gasteiger partial charge in [-0.3, -0.25) is 28.8 Å². The number of Topliss-reactive ketones (excluding diaryl/α,β-unsaturated/α-hetero) is 3. The van der Waals surface area contributed by atoms with Crippen molar-refractivity contribution in [3.8, 4) is 0 Å². The lowest BCUT2D eigenvalue weighted by Crippen LogP contribution is -2.19. The zero-order valence-corrected chi connectivity index (χ0v) is 40.9. The summed E-state index contributed by atoms with van der Waals surface area (Å²) in [7, 11) is 0. The maximum absolute atomic E-state index is 10.9. The van der Waals surface area contributed by atoms with Crippen molar-refractivity contribution >= 4 is 53.1 Å². The smallest absolute Gasteiger partial charge is 0.303 e. The van der Waals surface area contributed by atoms with Crippen molar-refractivity contribution in [1.29, 1.82) is 0 Å². The zero-order valence-electron chi connectivity index (χ0n) is 40.9. The summed E-state index contributed by atoms with van der Waals surface area (Å²) in [5, 5.41) is 42.7. The molecule has 0 aromatic heterocycles. The molecule has 0 radical (unpaired) electrons. The van der Waals surface area contributed by atoms with Gasteiger partial charge in [0.1, 0.15) is 17.3 Å². The van der Waals surface area contributed by atoms with Gasteiger partial charge in [-0.05, 0) is 119 Å². The number of hydrogen-bond donors (Lipinski definition) is 7. The second kappa shape index (κ2) is 40.6. The minimum Gasteiger partial charge on any atom is -0.481 e. The highest BCUT2D eigenvalue weighted by atomic mass is 16.4. The summed E-state index contributed by atoms with van der Waals surface area (Å²) in [6.07, 6.45) is 5.98. The number of amides is 1. The summed E-state index contributed by atoms with van der Waals surface area (Å²) in [5.74, 6) is -1.93. The normalized spacial score (nSPS) is 12.1. The summed E-state index contributed by atoms with van der Waals surface area (Å²) in [4.78, 5) is 95.2. The lowest BCUT2D eigenvalue weighted by atomic mass is 9.89. The van der Waals surface area contributed by atoms with Gasteiger partial charge < -0.3 is 51.4 Å². The van der Waals surface area contributed by atoms with E-state index in [0.717, 1.165) is 25.7 Å². The van der Waals surface area contributed by atoms with Gasteiger partial charge in [-0.1, -0.05) is 69.2 Å². The number of ketones is 3. The maximum atomic E-state index is 10.9. The van der Waals surface area contributed by atoms with Crippen LogP contribution in [-0.2, 0) is 43.2 Å². The van der Waals surface area contributed by atoms with Crippen LogP contribution in [-0.4, -0.2) is 85.2 Å². The predicted octanol–water partition coefficient (Wildman–Crippen LogP) is 8.39. The summed E-state index contributed by atoms with van der Waals surface area (Å²) >= 11 is 0. The standard InChI is InChI=1S/C11H20O2.C10H18O3.C9H17NO3.C9H16O4.C8H17NO2/c1-8(2)5-11(6-9(3)12)7-10(4)13;1-7(2)4-9(5-8(3)11)6-10(12)13;2*1-6(2)3-7(4-8(10)11)5-9(12)13;1-6(2)3-7(5-9)4-8(10)11/h8,11H,5-7H2,1-4H3;7,9H,4-6H2,1-3H3,(H,12,13);6-7H,3-5H2,1-2H3,(H2,10,11)(H,12,13);6-7H,3-5H2,1-2H3,(H,10,11)(H,12,13);6-7H,3-5,9H2,1-2H3,(H,10,11)/t;9-;7-;;7-/m.11.0/s1. The maximum Gasteiger partial charge on any atom is 0.303 e. The Bertz CT molecular complexity index is 1090. The Labute approximate surface area is 378 Å². The molecule has 0 aromatic rings. The average Bonchev–Trinajstić information content (AvgIpc) is 3.01. The van der Waals surface area contributed by atoms with E-state index in [1.165, 1.54) is 6.92 Å².